The minimum absolute atomic E-state index is 0.178. The Balaban J connectivity index is 1.98. The van der Waals surface area contributed by atoms with Crippen molar-refractivity contribution in [1.82, 2.24) is 9.80 Å². The topological polar surface area (TPSA) is 23.6 Å². The Bertz CT molecular complexity index is 443. The number of benzene rings is 1. The summed E-state index contributed by atoms with van der Waals surface area (Å²) in [6.45, 7) is 6.08. The maximum Gasteiger partial charge on any atom is 0.253 e. The van der Waals surface area contributed by atoms with E-state index in [0.29, 0.717) is 12.0 Å². The molecule has 1 fully saturated rings. The molecule has 1 aromatic carbocycles. The van der Waals surface area contributed by atoms with Crippen LogP contribution in [0, 0.1) is 0 Å². The SMILES string of the molecule is CC(C)c1ccc(C(=O)N2CCC(N(C)C)CC2)cc1. The second-order valence-corrected chi connectivity index (χ2v) is 6.26. The third-order valence-electron chi connectivity index (χ3n) is 4.31. The minimum Gasteiger partial charge on any atom is -0.339 e. The van der Waals surface area contributed by atoms with Gasteiger partial charge in [-0.2, -0.15) is 0 Å². The van der Waals surface area contributed by atoms with E-state index in [1.54, 1.807) is 0 Å². The Labute approximate surface area is 122 Å². The molecule has 1 aliphatic heterocycles. The zero-order chi connectivity index (χ0) is 14.7. The van der Waals surface area contributed by atoms with Gasteiger partial charge < -0.3 is 9.80 Å². The molecule has 0 radical (unpaired) electrons. The van der Waals surface area contributed by atoms with Crippen molar-refractivity contribution < 1.29 is 4.79 Å². The van der Waals surface area contributed by atoms with Crippen molar-refractivity contribution in [1.29, 1.82) is 0 Å². The molecular formula is C17H26N2O. The highest BCUT2D eigenvalue weighted by Crippen LogP contribution is 2.19. The number of hydrogen-bond acceptors (Lipinski definition) is 2. The van der Waals surface area contributed by atoms with Crippen LogP contribution in [0.25, 0.3) is 0 Å². The molecule has 3 nitrogen and oxygen atoms in total. The van der Waals surface area contributed by atoms with Crippen LogP contribution >= 0.6 is 0 Å². The van der Waals surface area contributed by atoms with Crippen molar-refractivity contribution >= 4 is 5.91 Å². The third kappa shape index (κ3) is 3.40. The molecule has 1 amide bonds. The summed E-state index contributed by atoms with van der Waals surface area (Å²) < 4.78 is 0. The van der Waals surface area contributed by atoms with E-state index in [2.05, 4.69) is 45.0 Å². The van der Waals surface area contributed by atoms with Crippen LogP contribution in [0.2, 0.25) is 0 Å². The van der Waals surface area contributed by atoms with Crippen LogP contribution in [0.4, 0.5) is 0 Å². The molecular weight excluding hydrogens is 248 g/mol. The van der Waals surface area contributed by atoms with Gasteiger partial charge in [-0.1, -0.05) is 26.0 Å². The van der Waals surface area contributed by atoms with Crippen molar-refractivity contribution in [3.63, 3.8) is 0 Å². The summed E-state index contributed by atoms with van der Waals surface area (Å²) in [7, 11) is 4.24. The van der Waals surface area contributed by atoms with Crippen LogP contribution in [0.15, 0.2) is 24.3 Å². The summed E-state index contributed by atoms with van der Waals surface area (Å²) in [5.41, 5.74) is 2.10. The van der Waals surface area contributed by atoms with Gasteiger partial charge in [0.2, 0.25) is 0 Å². The number of nitrogens with zero attached hydrogens (tertiary/aromatic N) is 2. The lowest BCUT2D eigenvalue weighted by Gasteiger charge is -2.35. The molecule has 110 valence electrons. The van der Waals surface area contributed by atoms with Crippen molar-refractivity contribution in [2.45, 2.75) is 38.6 Å². The van der Waals surface area contributed by atoms with E-state index in [1.807, 2.05) is 17.0 Å². The van der Waals surface area contributed by atoms with Gasteiger partial charge in [-0.25, -0.2) is 0 Å². The van der Waals surface area contributed by atoms with Gasteiger partial charge in [0.1, 0.15) is 0 Å². The minimum atomic E-state index is 0.178. The standard InChI is InChI=1S/C17H26N2O/c1-13(2)14-5-7-15(8-6-14)17(20)19-11-9-16(10-12-19)18(3)4/h5-8,13,16H,9-12H2,1-4H3. The molecule has 2 rings (SSSR count). The first-order valence-corrected chi connectivity index (χ1v) is 7.54. The van der Waals surface area contributed by atoms with E-state index >= 15 is 0 Å². The number of piperidine rings is 1. The average Bonchev–Trinajstić information content (AvgIpc) is 2.46. The Morgan fingerprint density at radius 1 is 1.15 bits per heavy atom. The molecule has 1 aliphatic rings. The molecule has 1 aromatic rings. The summed E-state index contributed by atoms with van der Waals surface area (Å²) in [6.07, 6.45) is 2.14. The monoisotopic (exact) mass is 274 g/mol. The number of hydrogen-bond donors (Lipinski definition) is 0. The molecule has 3 heteroatoms. The smallest absolute Gasteiger partial charge is 0.253 e. The Kier molecular flexibility index (Phi) is 4.81. The third-order valence-corrected chi connectivity index (χ3v) is 4.31. The van der Waals surface area contributed by atoms with Crippen LogP contribution in [0.3, 0.4) is 0 Å². The number of carbonyl (C=O) groups excluding carboxylic acids is 1. The predicted octanol–water partition coefficient (Wildman–Crippen LogP) is 2.98. The van der Waals surface area contributed by atoms with Gasteiger partial charge in [-0.15, -0.1) is 0 Å². The van der Waals surface area contributed by atoms with Crippen LogP contribution in [-0.2, 0) is 0 Å². The van der Waals surface area contributed by atoms with Gasteiger partial charge in [0, 0.05) is 24.7 Å². The fourth-order valence-electron chi connectivity index (χ4n) is 2.78. The number of likely N-dealkylation sites (tertiary alicyclic amines) is 1. The number of amides is 1. The number of carbonyl (C=O) groups is 1. The first-order chi connectivity index (χ1) is 9.49. The van der Waals surface area contributed by atoms with Gasteiger partial charge in [0.25, 0.3) is 5.91 Å². The van der Waals surface area contributed by atoms with Crippen molar-refractivity contribution in [2.24, 2.45) is 0 Å². The molecule has 0 aliphatic carbocycles. The maximum absolute atomic E-state index is 12.5. The second kappa shape index (κ2) is 6.40. The van der Waals surface area contributed by atoms with Gasteiger partial charge in [-0.3, -0.25) is 4.79 Å². The Morgan fingerprint density at radius 3 is 2.15 bits per heavy atom. The molecule has 0 N–H and O–H groups in total. The second-order valence-electron chi connectivity index (χ2n) is 6.26. The van der Waals surface area contributed by atoms with Crippen molar-refractivity contribution in [2.75, 3.05) is 27.2 Å². The van der Waals surface area contributed by atoms with E-state index in [1.165, 1.54) is 5.56 Å². The zero-order valence-corrected chi connectivity index (χ0v) is 13.1. The first kappa shape index (κ1) is 15.0. The molecule has 1 saturated heterocycles. The van der Waals surface area contributed by atoms with E-state index in [-0.39, 0.29) is 5.91 Å². The lowest BCUT2D eigenvalue weighted by molar-refractivity contribution is 0.0663. The molecule has 0 saturated carbocycles. The van der Waals surface area contributed by atoms with Crippen LogP contribution in [-0.4, -0.2) is 48.9 Å². The molecule has 0 spiro atoms. The van der Waals surface area contributed by atoms with Gasteiger partial charge in [0.15, 0.2) is 0 Å². The molecule has 0 aromatic heterocycles. The van der Waals surface area contributed by atoms with E-state index in [4.69, 9.17) is 0 Å². The molecule has 20 heavy (non-hydrogen) atoms. The largest absolute Gasteiger partial charge is 0.339 e. The lowest BCUT2D eigenvalue weighted by atomic mass is 10.00. The Morgan fingerprint density at radius 2 is 1.70 bits per heavy atom. The molecule has 0 atom stereocenters. The average molecular weight is 274 g/mol. The van der Waals surface area contributed by atoms with Crippen LogP contribution in [0.1, 0.15) is 48.5 Å². The summed E-state index contributed by atoms with van der Waals surface area (Å²) in [5, 5.41) is 0. The lowest BCUT2D eigenvalue weighted by Crippen LogP contribution is -2.44. The fraction of sp³-hybridized carbons (Fsp3) is 0.588. The Hall–Kier alpha value is -1.35. The fourth-order valence-corrected chi connectivity index (χ4v) is 2.78. The van der Waals surface area contributed by atoms with Gasteiger partial charge >= 0.3 is 0 Å². The molecule has 0 unspecified atom stereocenters. The summed E-state index contributed by atoms with van der Waals surface area (Å²) in [5.74, 6) is 0.688. The quantitative estimate of drug-likeness (QED) is 0.846. The first-order valence-electron chi connectivity index (χ1n) is 7.54. The zero-order valence-electron chi connectivity index (χ0n) is 13.1. The van der Waals surface area contributed by atoms with E-state index < -0.39 is 0 Å². The normalized spacial score (nSPS) is 17.0. The van der Waals surface area contributed by atoms with Crippen LogP contribution in [0.5, 0.6) is 0 Å². The maximum atomic E-state index is 12.5. The van der Waals surface area contributed by atoms with E-state index in [9.17, 15) is 4.79 Å². The van der Waals surface area contributed by atoms with Gasteiger partial charge in [0.05, 0.1) is 0 Å². The van der Waals surface area contributed by atoms with Crippen LogP contribution < -0.4 is 0 Å². The van der Waals surface area contributed by atoms with Gasteiger partial charge in [-0.05, 0) is 50.6 Å². The predicted molar refractivity (Wildman–Crippen MR) is 83.1 cm³/mol. The van der Waals surface area contributed by atoms with E-state index in [0.717, 1.165) is 31.5 Å². The molecule has 0 bridgehead atoms. The van der Waals surface area contributed by atoms with Crippen molar-refractivity contribution in [3.05, 3.63) is 35.4 Å². The number of rotatable bonds is 3. The highest BCUT2D eigenvalue weighted by atomic mass is 16.2. The summed E-state index contributed by atoms with van der Waals surface area (Å²) in [6, 6.07) is 8.70. The summed E-state index contributed by atoms with van der Waals surface area (Å²) >= 11 is 0. The highest BCUT2D eigenvalue weighted by Gasteiger charge is 2.24. The molecule has 1 heterocycles. The summed E-state index contributed by atoms with van der Waals surface area (Å²) in [4.78, 5) is 16.7. The van der Waals surface area contributed by atoms with Crippen molar-refractivity contribution in [3.8, 4) is 0 Å². The highest BCUT2D eigenvalue weighted by molar-refractivity contribution is 5.94.